The molecule has 0 aromatic heterocycles. The summed E-state index contributed by atoms with van der Waals surface area (Å²) in [5.41, 5.74) is 0. The van der Waals surface area contributed by atoms with Crippen LogP contribution in [0.2, 0.25) is 0 Å². The van der Waals surface area contributed by atoms with Crippen LogP contribution >= 0.6 is 0 Å². The van der Waals surface area contributed by atoms with Crippen molar-refractivity contribution in [3.05, 3.63) is 0 Å². The van der Waals surface area contributed by atoms with E-state index in [9.17, 15) is 9.59 Å². The lowest BCUT2D eigenvalue weighted by molar-refractivity contribution is -0.141. The monoisotopic (exact) mass is 271 g/mol. The summed E-state index contributed by atoms with van der Waals surface area (Å²) in [6.45, 7) is 7.14. The zero-order valence-corrected chi connectivity index (χ0v) is 12.0. The standard InChI is InChI=1S/C14H25NO4/c1-4-19-8-12(9(2)3)15-13(16)10-5-6-11(7-10)14(17)18/h9-12H,4-8H2,1-3H3,(H,15,16)(H,17,18)/t10-,11+,12?/m1/s1. The molecule has 5 nitrogen and oxygen atoms in total. The Hall–Kier alpha value is -1.10. The van der Waals surface area contributed by atoms with E-state index in [1.54, 1.807) is 0 Å². The third-order valence-electron chi connectivity index (χ3n) is 3.79. The number of ether oxygens (including phenoxy) is 1. The van der Waals surface area contributed by atoms with Crippen LogP contribution in [0.1, 0.15) is 40.0 Å². The summed E-state index contributed by atoms with van der Waals surface area (Å²) in [6.07, 6.45) is 1.73. The van der Waals surface area contributed by atoms with Crippen LogP contribution in [0.3, 0.4) is 0 Å². The zero-order chi connectivity index (χ0) is 14.4. The van der Waals surface area contributed by atoms with Crippen molar-refractivity contribution in [1.82, 2.24) is 5.32 Å². The van der Waals surface area contributed by atoms with E-state index in [1.165, 1.54) is 0 Å². The maximum absolute atomic E-state index is 12.1. The zero-order valence-electron chi connectivity index (χ0n) is 12.0. The predicted molar refractivity (Wildman–Crippen MR) is 71.7 cm³/mol. The van der Waals surface area contributed by atoms with E-state index in [0.717, 1.165) is 0 Å². The molecule has 0 heterocycles. The molecule has 110 valence electrons. The molecule has 5 heteroatoms. The van der Waals surface area contributed by atoms with Crippen molar-refractivity contribution in [3.8, 4) is 0 Å². The van der Waals surface area contributed by atoms with Gasteiger partial charge in [0, 0.05) is 12.5 Å². The highest BCUT2D eigenvalue weighted by Gasteiger charge is 2.34. The Morgan fingerprint density at radius 2 is 1.95 bits per heavy atom. The van der Waals surface area contributed by atoms with Crippen LogP contribution in [0.15, 0.2) is 0 Å². The van der Waals surface area contributed by atoms with Crippen LogP contribution in [0, 0.1) is 17.8 Å². The third kappa shape index (κ3) is 4.82. The molecule has 1 aliphatic carbocycles. The summed E-state index contributed by atoms with van der Waals surface area (Å²) in [5, 5.41) is 11.9. The second kappa shape index (κ2) is 7.48. The van der Waals surface area contributed by atoms with E-state index in [4.69, 9.17) is 9.84 Å². The van der Waals surface area contributed by atoms with Gasteiger partial charge in [-0.3, -0.25) is 9.59 Å². The molecule has 1 amide bonds. The number of carbonyl (C=O) groups is 2. The average Bonchev–Trinajstić information content (AvgIpc) is 2.83. The van der Waals surface area contributed by atoms with Gasteiger partial charge in [-0.25, -0.2) is 0 Å². The smallest absolute Gasteiger partial charge is 0.306 e. The molecule has 0 saturated heterocycles. The number of aliphatic carboxylic acids is 1. The first-order chi connectivity index (χ1) is 8.95. The fourth-order valence-corrected chi connectivity index (χ4v) is 2.39. The van der Waals surface area contributed by atoms with E-state index < -0.39 is 5.97 Å². The van der Waals surface area contributed by atoms with Crippen LogP contribution in [0.4, 0.5) is 0 Å². The molecule has 0 aliphatic heterocycles. The molecule has 0 spiro atoms. The maximum Gasteiger partial charge on any atom is 0.306 e. The lowest BCUT2D eigenvalue weighted by atomic mass is 10.0. The molecule has 1 fully saturated rings. The van der Waals surface area contributed by atoms with Crippen LogP contribution < -0.4 is 5.32 Å². The topological polar surface area (TPSA) is 75.6 Å². The third-order valence-corrected chi connectivity index (χ3v) is 3.79. The second-order valence-electron chi connectivity index (χ2n) is 5.56. The molecule has 1 rings (SSSR count). The van der Waals surface area contributed by atoms with Crippen molar-refractivity contribution in [1.29, 1.82) is 0 Å². The number of carbonyl (C=O) groups excluding carboxylic acids is 1. The van der Waals surface area contributed by atoms with Crippen molar-refractivity contribution in [2.45, 2.75) is 46.1 Å². The first-order valence-corrected chi connectivity index (χ1v) is 7.06. The molecule has 0 aromatic rings. The van der Waals surface area contributed by atoms with Gasteiger partial charge in [0.15, 0.2) is 0 Å². The number of carboxylic acid groups (broad SMARTS) is 1. The highest BCUT2D eigenvalue weighted by Crippen LogP contribution is 2.31. The number of rotatable bonds is 7. The van der Waals surface area contributed by atoms with E-state index in [0.29, 0.717) is 38.4 Å². The van der Waals surface area contributed by atoms with Crippen molar-refractivity contribution in [2.24, 2.45) is 17.8 Å². The van der Waals surface area contributed by atoms with Crippen molar-refractivity contribution in [3.63, 3.8) is 0 Å². The Balaban J connectivity index is 2.46. The summed E-state index contributed by atoms with van der Waals surface area (Å²) >= 11 is 0. The molecular formula is C14H25NO4. The van der Waals surface area contributed by atoms with Gasteiger partial charge < -0.3 is 15.2 Å². The quantitative estimate of drug-likeness (QED) is 0.738. The summed E-state index contributed by atoms with van der Waals surface area (Å²) in [5.74, 6) is -1.04. The number of carboxylic acids is 1. The van der Waals surface area contributed by atoms with Crippen molar-refractivity contribution >= 4 is 11.9 Å². The van der Waals surface area contributed by atoms with Gasteiger partial charge in [0.25, 0.3) is 0 Å². The van der Waals surface area contributed by atoms with Gasteiger partial charge in [-0.1, -0.05) is 13.8 Å². The largest absolute Gasteiger partial charge is 0.481 e. The van der Waals surface area contributed by atoms with Crippen molar-refractivity contribution < 1.29 is 19.4 Å². The molecule has 1 aliphatic rings. The minimum absolute atomic E-state index is 0.00340. The van der Waals surface area contributed by atoms with Gasteiger partial charge in [-0.15, -0.1) is 0 Å². The van der Waals surface area contributed by atoms with E-state index in [-0.39, 0.29) is 23.8 Å². The average molecular weight is 271 g/mol. The minimum Gasteiger partial charge on any atom is -0.481 e. The van der Waals surface area contributed by atoms with Crippen LogP contribution in [-0.2, 0) is 14.3 Å². The highest BCUT2D eigenvalue weighted by atomic mass is 16.5. The molecule has 0 radical (unpaired) electrons. The number of hydrogen-bond acceptors (Lipinski definition) is 3. The Morgan fingerprint density at radius 3 is 2.42 bits per heavy atom. The van der Waals surface area contributed by atoms with E-state index in [1.807, 2.05) is 20.8 Å². The minimum atomic E-state index is -0.787. The lowest BCUT2D eigenvalue weighted by Crippen LogP contribution is -2.44. The Kier molecular flexibility index (Phi) is 6.28. The van der Waals surface area contributed by atoms with Crippen LogP contribution in [0.25, 0.3) is 0 Å². The van der Waals surface area contributed by atoms with Gasteiger partial charge in [0.1, 0.15) is 0 Å². The molecular weight excluding hydrogens is 246 g/mol. The molecule has 0 aromatic carbocycles. The molecule has 0 bridgehead atoms. The Bertz CT molecular complexity index is 317. The van der Waals surface area contributed by atoms with Crippen LogP contribution in [-0.4, -0.2) is 36.2 Å². The van der Waals surface area contributed by atoms with Crippen LogP contribution in [0.5, 0.6) is 0 Å². The highest BCUT2D eigenvalue weighted by molar-refractivity contribution is 5.81. The SMILES string of the molecule is CCOCC(NC(=O)[C@@H]1CC[C@H](C(=O)O)C1)C(C)C. The Morgan fingerprint density at radius 1 is 1.32 bits per heavy atom. The number of amides is 1. The molecule has 1 unspecified atom stereocenters. The molecule has 19 heavy (non-hydrogen) atoms. The van der Waals surface area contributed by atoms with Gasteiger partial charge >= 0.3 is 5.97 Å². The fraction of sp³-hybridized carbons (Fsp3) is 0.857. The number of hydrogen-bond donors (Lipinski definition) is 2. The number of nitrogens with one attached hydrogen (secondary N) is 1. The fourth-order valence-electron chi connectivity index (χ4n) is 2.39. The summed E-state index contributed by atoms with van der Waals surface area (Å²) in [4.78, 5) is 23.0. The molecule has 2 N–H and O–H groups in total. The Labute approximate surface area is 114 Å². The summed E-state index contributed by atoms with van der Waals surface area (Å²) in [6, 6.07) is -0.00340. The normalized spacial score (nSPS) is 24.4. The van der Waals surface area contributed by atoms with E-state index >= 15 is 0 Å². The summed E-state index contributed by atoms with van der Waals surface area (Å²) < 4.78 is 5.37. The van der Waals surface area contributed by atoms with Gasteiger partial charge in [-0.2, -0.15) is 0 Å². The maximum atomic E-state index is 12.1. The predicted octanol–water partition coefficient (Wildman–Crippen LogP) is 1.66. The van der Waals surface area contributed by atoms with Gasteiger partial charge in [-0.05, 0) is 32.1 Å². The molecule has 3 atom stereocenters. The molecule has 1 saturated carbocycles. The second-order valence-corrected chi connectivity index (χ2v) is 5.56. The first-order valence-electron chi connectivity index (χ1n) is 7.06. The van der Waals surface area contributed by atoms with Gasteiger partial charge in [0.05, 0.1) is 18.6 Å². The first kappa shape index (κ1) is 16.0. The van der Waals surface area contributed by atoms with E-state index in [2.05, 4.69) is 5.32 Å². The van der Waals surface area contributed by atoms with Crippen molar-refractivity contribution in [2.75, 3.05) is 13.2 Å². The summed E-state index contributed by atoms with van der Waals surface area (Å²) in [7, 11) is 0. The van der Waals surface area contributed by atoms with Gasteiger partial charge in [0.2, 0.25) is 5.91 Å². The lowest BCUT2D eigenvalue weighted by Gasteiger charge is -2.23.